The molecule has 1 amide bonds. The van der Waals surface area contributed by atoms with E-state index in [9.17, 15) is 4.79 Å². The number of carbonyl (C=O) groups is 1. The van der Waals surface area contributed by atoms with E-state index in [2.05, 4.69) is 27.2 Å². The second-order valence-electron chi connectivity index (χ2n) is 7.43. The number of hydrogen-bond acceptors (Lipinski definition) is 4. The van der Waals surface area contributed by atoms with Crippen LogP contribution in [-0.2, 0) is 17.9 Å². The van der Waals surface area contributed by atoms with Crippen LogP contribution < -0.4 is 5.32 Å². The van der Waals surface area contributed by atoms with Gasteiger partial charge in [-0.1, -0.05) is 43.5 Å². The summed E-state index contributed by atoms with van der Waals surface area (Å²) in [5, 5.41) is 12.3. The van der Waals surface area contributed by atoms with Crippen molar-refractivity contribution in [3.8, 4) is 0 Å². The lowest BCUT2D eigenvalue weighted by molar-refractivity contribution is -0.123. The number of carbonyl (C=O) groups excluding carboxylic acids is 1. The molecule has 0 radical (unpaired) electrons. The van der Waals surface area contributed by atoms with Crippen molar-refractivity contribution in [2.75, 3.05) is 32.7 Å². The number of rotatable bonds is 6. The van der Waals surface area contributed by atoms with Crippen molar-refractivity contribution in [2.24, 2.45) is 0 Å². The molecule has 2 fully saturated rings. The minimum atomic E-state index is 0.0991. The predicted molar refractivity (Wildman–Crippen MR) is 99.1 cm³/mol. The summed E-state index contributed by atoms with van der Waals surface area (Å²) in [6, 6.07) is 8.57. The molecule has 1 aliphatic carbocycles. The molecule has 1 heterocycles. The lowest BCUT2D eigenvalue weighted by atomic mass is 9.95. The number of nitrogens with zero attached hydrogens (tertiary/aromatic N) is 2. The molecule has 0 aromatic heterocycles. The van der Waals surface area contributed by atoms with Gasteiger partial charge in [-0.15, -0.1) is 0 Å². The van der Waals surface area contributed by atoms with Gasteiger partial charge in [0, 0.05) is 38.8 Å². The van der Waals surface area contributed by atoms with Gasteiger partial charge in [0.1, 0.15) is 0 Å². The van der Waals surface area contributed by atoms with Crippen molar-refractivity contribution in [2.45, 2.75) is 51.3 Å². The topological polar surface area (TPSA) is 55.8 Å². The lowest BCUT2D eigenvalue weighted by Gasteiger charge is -2.34. The Morgan fingerprint density at radius 3 is 2.20 bits per heavy atom. The number of aliphatic hydroxyl groups excluding tert-OH is 1. The summed E-state index contributed by atoms with van der Waals surface area (Å²) in [6.07, 6.45) is 6.12. The molecule has 2 N–H and O–H groups in total. The highest BCUT2D eigenvalue weighted by atomic mass is 16.3. The Hall–Kier alpha value is -1.43. The molecule has 0 spiro atoms. The number of benzene rings is 1. The predicted octanol–water partition coefficient (Wildman–Crippen LogP) is 1.75. The second-order valence-corrected chi connectivity index (χ2v) is 7.43. The Labute approximate surface area is 151 Å². The molecule has 2 aliphatic rings. The van der Waals surface area contributed by atoms with Gasteiger partial charge >= 0.3 is 0 Å². The lowest BCUT2D eigenvalue weighted by Crippen LogP contribution is -2.50. The molecule has 0 atom stereocenters. The van der Waals surface area contributed by atoms with Gasteiger partial charge < -0.3 is 10.4 Å². The SMILES string of the molecule is O=C(CN1CCN(Cc2ccc(CO)cc2)CC1)NC1CCCCC1. The van der Waals surface area contributed by atoms with Crippen LogP contribution >= 0.6 is 0 Å². The zero-order chi connectivity index (χ0) is 17.5. The second kappa shape index (κ2) is 9.32. The van der Waals surface area contributed by atoms with Crippen LogP contribution in [0.1, 0.15) is 43.2 Å². The normalized spacial score (nSPS) is 20.5. The van der Waals surface area contributed by atoms with Crippen molar-refractivity contribution in [3.05, 3.63) is 35.4 Å². The molecule has 25 heavy (non-hydrogen) atoms. The van der Waals surface area contributed by atoms with Gasteiger partial charge in [0.15, 0.2) is 0 Å². The molecule has 1 aromatic rings. The average Bonchev–Trinajstić information content (AvgIpc) is 2.65. The van der Waals surface area contributed by atoms with Gasteiger partial charge in [-0.05, 0) is 24.0 Å². The standard InChI is InChI=1S/C20H31N3O2/c24-16-18-8-6-17(7-9-18)14-22-10-12-23(13-11-22)15-20(25)21-19-4-2-1-3-5-19/h6-9,19,24H,1-5,10-16H2,(H,21,25). The van der Waals surface area contributed by atoms with Gasteiger partial charge in [0.25, 0.3) is 0 Å². The maximum absolute atomic E-state index is 12.2. The number of amides is 1. The van der Waals surface area contributed by atoms with Crippen LogP contribution in [0.4, 0.5) is 0 Å². The highest BCUT2D eigenvalue weighted by molar-refractivity contribution is 5.78. The molecule has 5 nitrogen and oxygen atoms in total. The van der Waals surface area contributed by atoms with E-state index in [-0.39, 0.29) is 12.5 Å². The molecular formula is C20H31N3O2. The first-order valence-electron chi connectivity index (χ1n) is 9.65. The summed E-state index contributed by atoms with van der Waals surface area (Å²) in [4.78, 5) is 16.9. The molecule has 1 saturated heterocycles. The summed E-state index contributed by atoms with van der Waals surface area (Å²) in [5.41, 5.74) is 2.23. The molecule has 1 saturated carbocycles. The first kappa shape index (κ1) is 18.4. The summed E-state index contributed by atoms with van der Waals surface area (Å²) in [5.74, 6) is 0.194. The van der Waals surface area contributed by atoms with E-state index in [0.717, 1.165) is 51.1 Å². The monoisotopic (exact) mass is 345 g/mol. The summed E-state index contributed by atoms with van der Waals surface area (Å²) < 4.78 is 0. The maximum atomic E-state index is 12.2. The van der Waals surface area contributed by atoms with E-state index in [1.165, 1.54) is 24.8 Å². The Bertz CT molecular complexity index is 532. The smallest absolute Gasteiger partial charge is 0.234 e. The number of nitrogens with one attached hydrogen (secondary N) is 1. The van der Waals surface area contributed by atoms with Crippen LogP contribution in [0.3, 0.4) is 0 Å². The van der Waals surface area contributed by atoms with Crippen LogP contribution in [0.25, 0.3) is 0 Å². The van der Waals surface area contributed by atoms with Gasteiger partial charge in [0.2, 0.25) is 5.91 Å². The molecule has 138 valence electrons. The molecule has 0 unspecified atom stereocenters. The fourth-order valence-corrected chi connectivity index (χ4v) is 3.84. The van der Waals surface area contributed by atoms with E-state index >= 15 is 0 Å². The largest absolute Gasteiger partial charge is 0.392 e. The van der Waals surface area contributed by atoms with E-state index < -0.39 is 0 Å². The van der Waals surface area contributed by atoms with Crippen molar-refractivity contribution in [3.63, 3.8) is 0 Å². The van der Waals surface area contributed by atoms with E-state index in [0.29, 0.717) is 12.6 Å². The average molecular weight is 345 g/mol. The van der Waals surface area contributed by atoms with E-state index in [1.807, 2.05) is 12.1 Å². The van der Waals surface area contributed by atoms with Gasteiger partial charge in [-0.3, -0.25) is 14.6 Å². The summed E-state index contributed by atoms with van der Waals surface area (Å²) >= 11 is 0. The van der Waals surface area contributed by atoms with Crippen molar-refractivity contribution < 1.29 is 9.90 Å². The molecule has 0 bridgehead atoms. The first-order chi connectivity index (χ1) is 12.2. The third-order valence-electron chi connectivity index (χ3n) is 5.41. The summed E-state index contributed by atoms with van der Waals surface area (Å²) in [7, 11) is 0. The Morgan fingerprint density at radius 2 is 1.56 bits per heavy atom. The minimum absolute atomic E-state index is 0.0991. The maximum Gasteiger partial charge on any atom is 0.234 e. The molecule has 3 rings (SSSR count). The fraction of sp³-hybridized carbons (Fsp3) is 0.650. The first-order valence-corrected chi connectivity index (χ1v) is 9.65. The minimum Gasteiger partial charge on any atom is -0.392 e. The third-order valence-corrected chi connectivity index (χ3v) is 5.41. The van der Waals surface area contributed by atoms with Crippen LogP contribution in [0.2, 0.25) is 0 Å². The molecular weight excluding hydrogens is 314 g/mol. The third kappa shape index (κ3) is 5.80. The van der Waals surface area contributed by atoms with Crippen LogP contribution in [0.5, 0.6) is 0 Å². The highest BCUT2D eigenvalue weighted by Crippen LogP contribution is 2.17. The van der Waals surface area contributed by atoms with Gasteiger partial charge in [-0.2, -0.15) is 0 Å². The Morgan fingerprint density at radius 1 is 0.960 bits per heavy atom. The quantitative estimate of drug-likeness (QED) is 0.825. The number of hydrogen-bond donors (Lipinski definition) is 2. The fourth-order valence-electron chi connectivity index (χ4n) is 3.84. The number of aliphatic hydroxyl groups is 1. The molecule has 1 aliphatic heterocycles. The molecule has 5 heteroatoms. The van der Waals surface area contributed by atoms with Crippen LogP contribution in [0, 0.1) is 0 Å². The highest BCUT2D eigenvalue weighted by Gasteiger charge is 2.21. The van der Waals surface area contributed by atoms with E-state index in [4.69, 9.17) is 5.11 Å². The zero-order valence-electron chi connectivity index (χ0n) is 15.1. The van der Waals surface area contributed by atoms with Crippen LogP contribution in [-0.4, -0.2) is 59.6 Å². The summed E-state index contributed by atoms with van der Waals surface area (Å²) in [6.45, 7) is 5.47. The number of piperazine rings is 1. The van der Waals surface area contributed by atoms with Gasteiger partial charge in [0.05, 0.1) is 13.2 Å². The molecule has 1 aromatic carbocycles. The Balaban J connectivity index is 1.36. The van der Waals surface area contributed by atoms with Crippen molar-refractivity contribution in [1.29, 1.82) is 0 Å². The van der Waals surface area contributed by atoms with Gasteiger partial charge in [-0.25, -0.2) is 0 Å². The van der Waals surface area contributed by atoms with Crippen molar-refractivity contribution in [1.82, 2.24) is 15.1 Å². The van der Waals surface area contributed by atoms with E-state index in [1.54, 1.807) is 0 Å². The van der Waals surface area contributed by atoms with Crippen molar-refractivity contribution >= 4 is 5.91 Å². The van der Waals surface area contributed by atoms with Crippen LogP contribution in [0.15, 0.2) is 24.3 Å². The zero-order valence-corrected chi connectivity index (χ0v) is 15.1. The Kier molecular flexibility index (Phi) is 6.84.